The first-order chi connectivity index (χ1) is 9.35. The molecule has 0 radical (unpaired) electrons. The molecule has 0 aliphatic rings. The summed E-state index contributed by atoms with van der Waals surface area (Å²) in [6.45, 7) is 1.25. The van der Waals surface area contributed by atoms with Crippen molar-refractivity contribution in [2.75, 3.05) is 7.11 Å². The van der Waals surface area contributed by atoms with Gasteiger partial charge in [0, 0.05) is 0 Å². The van der Waals surface area contributed by atoms with Gasteiger partial charge in [-0.15, -0.1) is 0 Å². The van der Waals surface area contributed by atoms with Gasteiger partial charge < -0.3 is 15.2 Å². The minimum absolute atomic E-state index is 0.0268. The Bertz CT molecular complexity index is 547. The van der Waals surface area contributed by atoms with Crippen molar-refractivity contribution in [2.45, 2.75) is 13.0 Å². The van der Waals surface area contributed by atoms with E-state index in [4.69, 9.17) is 15.2 Å². The molecule has 8 heteroatoms. The summed E-state index contributed by atoms with van der Waals surface area (Å²) in [7, 11) is 1.28. The van der Waals surface area contributed by atoms with E-state index in [9.17, 15) is 18.8 Å². The number of hydrogen-bond donors (Lipinski definition) is 2. The predicted octanol–water partition coefficient (Wildman–Crippen LogP) is 0.574. The summed E-state index contributed by atoms with van der Waals surface area (Å²) < 4.78 is 22.9. The predicted molar refractivity (Wildman–Crippen MR) is 65.6 cm³/mol. The van der Waals surface area contributed by atoms with Gasteiger partial charge in [0.15, 0.2) is 17.7 Å². The molecule has 0 unspecified atom stereocenters. The van der Waals surface area contributed by atoms with Gasteiger partial charge >= 0.3 is 12.0 Å². The SMILES string of the molecule is COc1ccc(C(=O)O[C@H](C)C(=O)NC(N)=O)cc1F. The monoisotopic (exact) mass is 284 g/mol. The number of rotatable bonds is 4. The molecule has 0 spiro atoms. The normalized spacial score (nSPS) is 11.3. The van der Waals surface area contributed by atoms with Crippen LogP contribution in [0.25, 0.3) is 0 Å². The molecule has 0 aromatic heterocycles. The molecule has 0 heterocycles. The first-order valence-corrected chi connectivity index (χ1v) is 5.50. The summed E-state index contributed by atoms with van der Waals surface area (Å²) in [5, 5.41) is 1.76. The van der Waals surface area contributed by atoms with E-state index >= 15 is 0 Å². The zero-order valence-electron chi connectivity index (χ0n) is 10.8. The Labute approximate surface area is 113 Å². The van der Waals surface area contributed by atoms with Crippen molar-refractivity contribution in [2.24, 2.45) is 5.73 Å². The number of methoxy groups -OCH3 is 1. The summed E-state index contributed by atoms with van der Waals surface area (Å²) in [5.74, 6) is -2.56. The van der Waals surface area contributed by atoms with Gasteiger partial charge in [0.05, 0.1) is 12.7 Å². The van der Waals surface area contributed by atoms with E-state index in [1.165, 1.54) is 26.2 Å². The molecule has 3 N–H and O–H groups in total. The molecule has 1 aromatic carbocycles. The van der Waals surface area contributed by atoms with Crippen LogP contribution in [0.1, 0.15) is 17.3 Å². The van der Waals surface area contributed by atoms with Crippen LogP contribution in [0.15, 0.2) is 18.2 Å². The molecular weight excluding hydrogens is 271 g/mol. The van der Waals surface area contributed by atoms with E-state index in [0.29, 0.717) is 0 Å². The number of urea groups is 1. The Hall–Kier alpha value is -2.64. The third-order valence-corrected chi connectivity index (χ3v) is 2.29. The third-order valence-electron chi connectivity index (χ3n) is 2.29. The van der Waals surface area contributed by atoms with Crippen molar-refractivity contribution in [1.82, 2.24) is 5.32 Å². The number of benzene rings is 1. The number of amides is 3. The van der Waals surface area contributed by atoms with Gasteiger partial charge in [-0.05, 0) is 25.1 Å². The average Bonchev–Trinajstić information content (AvgIpc) is 2.37. The van der Waals surface area contributed by atoms with Gasteiger partial charge in [0.2, 0.25) is 0 Å². The van der Waals surface area contributed by atoms with Gasteiger partial charge in [0.25, 0.3) is 5.91 Å². The van der Waals surface area contributed by atoms with Gasteiger partial charge in [0.1, 0.15) is 0 Å². The van der Waals surface area contributed by atoms with Crippen molar-refractivity contribution in [3.05, 3.63) is 29.6 Å². The molecule has 1 aromatic rings. The number of imide groups is 1. The lowest BCUT2D eigenvalue weighted by atomic mass is 10.2. The molecule has 0 saturated carbocycles. The van der Waals surface area contributed by atoms with Crippen LogP contribution >= 0.6 is 0 Å². The van der Waals surface area contributed by atoms with Crippen LogP contribution in [0, 0.1) is 5.82 Å². The maximum Gasteiger partial charge on any atom is 0.339 e. The summed E-state index contributed by atoms with van der Waals surface area (Å²) in [5.41, 5.74) is 4.65. The first kappa shape index (κ1) is 15.4. The zero-order valence-corrected chi connectivity index (χ0v) is 10.8. The minimum Gasteiger partial charge on any atom is -0.494 e. The summed E-state index contributed by atoms with van der Waals surface area (Å²) >= 11 is 0. The summed E-state index contributed by atoms with van der Waals surface area (Å²) in [4.78, 5) is 33.4. The number of nitrogens with one attached hydrogen (secondary N) is 1. The highest BCUT2D eigenvalue weighted by molar-refractivity contribution is 5.98. The first-order valence-electron chi connectivity index (χ1n) is 5.50. The topological polar surface area (TPSA) is 108 Å². The maximum atomic E-state index is 13.4. The average molecular weight is 284 g/mol. The van der Waals surface area contributed by atoms with Gasteiger partial charge in [-0.1, -0.05) is 0 Å². The Morgan fingerprint density at radius 3 is 2.50 bits per heavy atom. The zero-order chi connectivity index (χ0) is 15.3. The molecule has 0 fully saturated rings. The molecule has 108 valence electrons. The van der Waals surface area contributed by atoms with Gasteiger partial charge in [-0.3, -0.25) is 10.1 Å². The van der Waals surface area contributed by atoms with E-state index in [1.807, 2.05) is 0 Å². The molecule has 1 atom stereocenters. The number of carbonyl (C=O) groups excluding carboxylic acids is 3. The van der Waals surface area contributed by atoms with Crippen LogP contribution in [-0.2, 0) is 9.53 Å². The highest BCUT2D eigenvalue weighted by atomic mass is 19.1. The van der Waals surface area contributed by atoms with Crippen LogP contribution in [-0.4, -0.2) is 31.1 Å². The molecule has 0 aliphatic heterocycles. The van der Waals surface area contributed by atoms with Crippen molar-refractivity contribution in [3.8, 4) is 5.75 Å². The quantitative estimate of drug-likeness (QED) is 0.786. The molecular formula is C12H13FN2O5. The highest BCUT2D eigenvalue weighted by Crippen LogP contribution is 2.18. The molecule has 0 bridgehead atoms. The molecule has 0 aliphatic carbocycles. The molecule has 20 heavy (non-hydrogen) atoms. The Kier molecular flexibility index (Phi) is 5.01. The van der Waals surface area contributed by atoms with Crippen LogP contribution in [0.4, 0.5) is 9.18 Å². The number of halogens is 1. The summed E-state index contributed by atoms with van der Waals surface area (Å²) in [6.07, 6.45) is -1.25. The van der Waals surface area contributed by atoms with E-state index in [-0.39, 0.29) is 11.3 Å². The number of carbonyl (C=O) groups is 3. The van der Waals surface area contributed by atoms with Gasteiger partial charge in [-0.25, -0.2) is 14.0 Å². The number of esters is 1. The fourth-order valence-corrected chi connectivity index (χ4v) is 1.30. The summed E-state index contributed by atoms with van der Waals surface area (Å²) in [6, 6.07) is 2.39. The number of primary amides is 1. The van der Waals surface area contributed by atoms with E-state index in [1.54, 1.807) is 5.32 Å². The largest absolute Gasteiger partial charge is 0.494 e. The van der Waals surface area contributed by atoms with Crippen molar-refractivity contribution >= 4 is 17.9 Å². The fraction of sp³-hybridized carbons (Fsp3) is 0.250. The van der Waals surface area contributed by atoms with Crippen LogP contribution in [0.2, 0.25) is 0 Å². The third kappa shape index (κ3) is 3.94. The lowest BCUT2D eigenvalue weighted by Gasteiger charge is -2.12. The van der Waals surface area contributed by atoms with Crippen LogP contribution in [0.5, 0.6) is 5.75 Å². The molecule has 7 nitrogen and oxygen atoms in total. The van der Waals surface area contributed by atoms with Crippen molar-refractivity contribution in [3.63, 3.8) is 0 Å². The second-order valence-corrected chi connectivity index (χ2v) is 3.75. The second-order valence-electron chi connectivity index (χ2n) is 3.75. The van der Waals surface area contributed by atoms with Crippen molar-refractivity contribution < 1.29 is 28.2 Å². The van der Waals surface area contributed by atoms with E-state index < -0.39 is 29.8 Å². The van der Waals surface area contributed by atoms with Crippen LogP contribution in [0.3, 0.4) is 0 Å². The minimum atomic E-state index is -1.25. The maximum absolute atomic E-state index is 13.4. The second kappa shape index (κ2) is 6.50. The molecule has 3 amide bonds. The molecule has 1 rings (SSSR count). The van der Waals surface area contributed by atoms with E-state index in [2.05, 4.69) is 0 Å². The lowest BCUT2D eigenvalue weighted by Crippen LogP contribution is -2.42. The smallest absolute Gasteiger partial charge is 0.339 e. The highest BCUT2D eigenvalue weighted by Gasteiger charge is 2.20. The van der Waals surface area contributed by atoms with Crippen molar-refractivity contribution in [1.29, 1.82) is 0 Å². The number of hydrogen-bond acceptors (Lipinski definition) is 5. The Morgan fingerprint density at radius 1 is 1.35 bits per heavy atom. The van der Waals surface area contributed by atoms with E-state index in [0.717, 1.165) is 6.07 Å². The fourth-order valence-electron chi connectivity index (χ4n) is 1.30. The number of ether oxygens (including phenoxy) is 2. The van der Waals surface area contributed by atoms with Gasteiger partial charge in [-0.2, -0.15) is 0 Å². The number of nitrogens with two attached hydrogens (primary N) is 1. The van der Waals surface area contributed by atoms with Crippen LogP contribution < -0.4 is 15.8 Å². The molecule has 0 saturated heterocycles. The lowest BCUT2D eigenvalue weighted by molar-refractivity contribution is -0.127. The Morgan fingerprint density at radius 2 is 2.00 bits per heavy atom. The standard InChI is InChI=1S/C12H13FN2O5/c1-6(10(16)15-12(14)18)20-11(17)7-3-4-9(19-2)8(13)5-7/h3-6H,1-2H3,(H3,14,15,16,18)/t6-/m1/s1. The Balaban J connectivity index is 2.73.